The molecule has 0 aliphatic carbocycles. The molecule has 1 aliphatic rings. The van der Waals surface area contributed by atoms with Gasteiger partial charge in [-0.05, 0) is 48.4 Å². The van der Waals surface area contributed by atoms with Crippen LogP contribution in [0.15, 0.2) is 77.1 Å². The highest BCUT2D eigenvalue weighted by molar-refractivity contribution is 5.93. The van der Waals surface area contributed by atoms with Gasteiger partial charge in [-0.1, -0.05) is 12.1 Å². The smallest absolute Gasteiger partial charge is 0.416 e. The van der Waals surface area contributed by atoms with Crippen LogP contribution in [-0.4, -0.2) is 62.9 Å². The molecule has 2 aromatic heterocycles. The van der Waals surface area contributed by atoms with Gasteiger partial charge in [0.2, 0.25) is 5.95 Å². The van der Waals surface area contributed by atoms with Crippen molar-refractivity contribution in [3.05, 3.63) is 111 Å². The minimum atomic E-state index is -4.63. The third-order valence-corrected chi connectivity index (χ3v) is 7.74. The number of esters is 1. The summed E-state index contributed by atoms with van der Waals surface area (Å²) < 4.78 is 47.8. The topological polar surface area (TPSA) is 130 Å². The van der Waals surface area contributed by atoms with Crippen LogP contribution < -0.4 is 10.6 Å². The zero-order valence-electron chi connectivity index (χ0n) is 25.0. The van der Waals surface area contributed by atoms with E-state index in [2.05, 4.69) is 26.2 Å². The van der Waals surface area contributed by atoms with E-state index in [1.54, 1.807) is 43.7 Å². The predicted octanol–water partition coefficient (Wildman–Crippen LogP) is 4.26. The van der Waals surface area contributed by atoms with Crippen LogP contribution >= 0.6 is 0 Å². The molecule has 0 saturated carbocycles. The van der Waals surface area contributed by atoms with E-state index < -0.39 is 29.4 Å². The number of nitriles is 1. The summed E-state index contributed by atoms with van der Waals surface area (Å²) in [5, 5.41) is 16.3. The summed E-state index contributed by atoms with van der Waals surface area (Å²) >= 11 is 0. The molecule has 0 bridgehead atoms. The Morgan fingerprint density at radius 3 is 2.62 bits per heavy atom. The molecule has 1 unspecified atom stereocenters. The molecule has 0 spiro atoms. The lowest BCUT2D eigenvalue weighted by Crippen LogP contribution is -2.41. The number of allylic oxidation sites excluding steroid dienone is 1. The molecule has 11 nitrogen and oxygen atoms in total. The molecule has 45 heavy (non-hydrogen) atoms. The standard InChI is InChI=1S/C31H29F3N8O3/c1-19-26(28(43)45-4)27(41-29(38-39-30(41)44)40(19)24-7-5-6-22(15-24)31(32,33)34)25-9-8-20(16-35)14-21(25)10-13-42(2,3)18-23-17-36-11-12-37-23/h5-9,11-12,14-15,17,27H,10,13,18H2,1-4H3/p+1. The molecule has 3 heterocycles. The van der Waals surface area contributed by atoms with E-state index in [4.69, 9.17) is 4.74 Å². The summed E-state index contributed by atoms with van der Waals surface area (Å²) in [4.78, 5) is 36.6. The lowest BCUT2D eigenvalue weighted by Gasteiger charge is -2.36. The van der Waals surface area contributed by atoms with Gasteiger partial charge in [-0.15, -0.1) is 5.10 Å². The van der Waals surface area contributed by atoms with E-state index in [1.807, 2.05) is 14.1 Å². The fraction of sp³-hybridized carbons (Fsp3) is 0.290. The normalized spacial score (nSPS) is 15.1. The van der Waals surface area contributed by atoms with Crippen molar-refractivity contribution in [2.45, 2.75) is 32.1 Å². The second kappa shape index (κ2) is 12.0. The number of quaternary nitrogens is 1. The Kier molecular flexibility index (Phi) is 8.31. The number of halogens is 3. The quantitative estimate of drug-likeness (QED) is 0.229. The molecule has 2 aromatic carbocycles. The number of hydrogen-bond acceptors (Lipinski definition) is 8. The second-order valence-corrected chi connectivity index (χ2v) is 11.3. The Morgan fingerprint density at radius 1 is 1.18 bits per heavy atom. The zero-order chi connectivity index (χ0) is 32.5. The molecular formula is C31H30F3N8O3+. The van der Waals surface area contributed by atoms with Crippen LogP contribution in [0.5, 0.6) is 0 Å². The number of ether oxygens (including phenoxy) is 1. The van der Waals surface area contributed by atoms with E-state index in [9.17, 15) is 28.0 Å². The number of likely N-dealkylation sites (N-methyl/N-ethyl adjacent to an activating group) is 1. The van der Waals surface area contributed by atoms with E-state index >= 15 is 0 Å². The third kappa shape index (κ3) is 6.20. The molecule has 14 heteroatoms. The van der Waals surface area contributed by atoms with E-state index in [-0.39, 0.29) is 22.9 Å². The Morgan fingerprint density at radius 2 is 1.96 bits per heavy atom. The first-order valence-electron chi connectivity index (χ1n) is 13.9. The van der Waals surface area contributed by atoms with Gasteiger partial charge in [0.15, 0.2) is 0 Å². The van der Waals surface area contributed by atoms with Crippen LogP contribution in [0.2, 0.25) is 0 Å². The number of carbonyl (C=O) groups is 1. The van der Waals surface area contributed by atoms with Crippen molar-refractivity contribution in [1.82, 2.24) is 24.7 Å². The number of carbonyl (C=O) groups excluding carboxylic acids is 1. The van der Waals surface area contributed by atoms with Crippen molar-refractivity contribution in [1.29, 1.82) is 5.26 Å². The average molecular weight is 620 g/mol. The van der Waals surface area contributed by atoms with Gasteiger partial charge in [0, 0.05) is 30.2 Å². The lowest BCUT2D eigenvalue weighted by atomic mass is 9.89. The fourth-order valence-corrected chi connectivity index (χ4v) is 5.59. The number of fused-ring (bicyclic) bond motifs is 1. The number of rotatable bonds is 8. The van der Waals surface area contributed by atoms with Crippen LogP contribution in [0, 0.1) is 11.3 Å². The molecule has 0 amide bonds. The summed E-state index contributed by atoms with van der Waals surface area (Å²) in [6.07, 6.45) is 0.740. The number of aromatic amines is 1. The highest BCUT2D eigenvalue weighted by Gasteiger charge is 2.41. The van der Waals surface area contributed by atoms with Crippen molar-refractivity contribution < 1.29 is 27.2 Å². The van der Waals surface area contributed by atoms with Crippen molar-refractivity contribution in [3.8, 4) is 6.07 Å². The van der Waals surface area contributed by atoms with Crippen molar-refractivity contribution in [2.24, 2.45) is 0 Å². The number of hydrogen-bond donors (Lipinski definition) is 1. The van der Waals surface area contributed by atoms with Crippen LogP contribution in [0.25, 0.3) is 0 Å². The minimum Gasteiger partial charge on any atom is -0.466 e. The van der Waals surface area contributed by atoms with Gasteiger partial charge in [-0.2, -0.15) is 18.4 Å². The van der Waals surface area contributed by atoms with Crippen molar-refractivity contribution in [2.75, 3.05) is 32.6 Å². The number of nitrogens with zero attached hydrogens (tertiary/aromatic N) is 7. The maximum Gasteiger partial charge on any atom is 0.416 e. The monoisotopic (exact) mass is 619 g/mol. The highest BCUT2D eigenvalue weighted by Crippen LogP contribution is 2.43. The number of H-pyrrole nitrogens is 1. The molecule has 232 valence electrons. The Labute approximate surface area is 256 Å². The molecule has 0 fully saturated rings. The maximum atomic E-state index is 13.6. The Hall–Kier alpha value is -5.29. The Balaban J connectivity index is 1.65. The predicted molar refractivity (Wildman–Crippen MR) is 157 cm³/mol. The number of methoxy groups -OCH3 is 1. The van der Waals surface area contributed by atoms with E-state index in [0.29, 0.717) is 40.7 Å². The van der Waals surface area contributed by atoms with Gasteiger partial charge in [0.25, 0.3) is 0 Å². The minimum absolute atomic E-state index is 0.0106. The zero-order valence-corrected chi connectivity index (χ0v) is 25.0. The molecule has 0 saturated heterocycles. The second-order valence-electron chi connectivity index (χ2n) is 11.3. The summed E-state index contributed by atoms with van der Waals surface area (Å²) in [5.41, 5.74) is 1.14. The first kappa shape index (κ1) is 31.1. The maximum absolute atomic E-state index is 13.6. The van der Waals surface area contributed by atoms with Crippen LogP contribution in [0.1, 0.15) is 40.9 Å². The summed E-state index contributed by atoms with van der Waals surface area (Å²) in [6, 6.07) is 10.6. The summed E-state index contributed by atoms with van der Waals surface area (Å²) in [5.74, 6) is -0.786. The highest BCUT2D eigenvalue weighted by atomic mass is 19.4. The largest absolute Gasteiger partial charge is 0.466 e. The van der Waals surface area contributed by atoms with Crippen LogP contribution in [0.4, 0.5) is 24.8 Å². The third-order valence-electron chi connectivity index (χ3n) is 7.74. The van der Waals surface area contributed by atoms with Gasteiger partial charge in [0.1, 0.15) is 18.3 Å². The molecule has 1 aliphatic heterocycles. The van der Waals surface area contributed by atoms with Gasteiger partial charge < -0.3 is 9.22 Å². The van der Waals surface area contributed by atoms with Crippen LogP contribution in [0.3, 0.4) is 0 Å². The first-order chi connectivity index (χ1) is 21.3. The van der Waals surface area contributed by atoms with Gasteiger partial charge in [0.05, 0.1) is 56.7 Å². The number of anilines is 2. The van der Waals surface area contributed by atoms with E-state index in [0.717, 1.165) is 17.8 Å². The number of nitrogens with one attached hydrogen (secondary N) is 1. The molecule has 1 N–H and O–H groups in total. The van der Waals surface area contributed by atoms with Crippen molar-refractivity contribution >= 4 is 17.6 Å². The number of aromatic nitrogens is 5. The summed E-state index contributed by atoms with van der Waals surface area (Å²) in [7, 11) is 5.24. The SMILES string of the molecule is COC(=O)C1=C(C)N(c2cccc(C(F)(F)F)c2)c2n[nH]c(=O)n2C1c1ccc(C#N)cc1CC[N+](C)(C)Cc1cnccn1. The van der Waals surface area contributed by atoms with Gasteiger partial charge in [-0.3, -0.25) is 14.9 Å². The first-order valence-corrected chi connectivity index (χ1v) is 13.9. The fourth-order valence-electron chi connectivity index (χ4n) is 5.59. The molecular weight excluding hydrogens is 589 g/mol. The average Bonchev–Trinajstić information content (AvgIpc) is 3.39. The number of benzene rings is 2. The van der Waals surface area contributed by atoms with Crippen LogP contribution in [-0.2, 0) is 28.7 Å². The molecule has 1 atom stereocenters. The van der Waals surface area contributed by atoms with Gasteiger partial charge in [-0.25, -0.2) is 19.3 Å². The molecule has 4 aromatic rings. The number of alkyl halides is 3. The molecule has 0 radical (unpaired) electrons. The summed E-state index contributed by atoms with van der Waals surface area (Å²) in [6.45, 7) is 2.73. The lowest BCUT2D eigenvalue weighted by molar-refractivity contribution is -0.903. The van der Waals surface area contributed by atoms with Gasteiger partial charge >= 0.3 is 17.8 Å². The molecule has 5 rings (SSSR count). The Bertz CT molecular complexity index is 1870. The van der Waals surface area contributed by atoms with E-state index in [1.165, 1.54) is 28.7 Å². The van der Waals surface area contributed by atoms with Crippen molar-refractivity contribution in [3.63, 3.8) is 0 Å².